The van der Waals surface area contributed by atoms with Crippen LogP contribution in [0.5, 0.6) is 0 Å². The molecule has 0 amide bonds. The van der Waals surface area contributed by atoms with Gasteiger partial charge in [0.05, 0.1) is 23.3 Å². The molecular formula is C36H38N4O14. The second-order valence-electron chi connectivity index (χ2n) is 12.1. The van der Waals surface area contributed by atoms with Crippen LogP contribution in [0.15, 0.2) is 54.6 Å². The molecule has 7 atom stereocenters. The lowest BCUT2D eigenvalue weighted by Gasteiger charge is -2.44. The SMILES string of the molecule is CC(=O)OC[C@H]1O[C@@H](OCC(OC(C)=O)C(OC(C)=O)c2nn(-c3ccccc3)c3nc4ccccc4nc23)[C@H](OC(C)=O)[C@H](OC(C)=O)[C@H]1OC(C)=O. The van der Waals surface area contributed by atoms with Crippen molar-refractivity contribution in [2.75, 3.05) is 13.2 Å². The lowest BCUT2D eigenvalue weighted by Crippen LogP contribution is -2.63. The van der Waals surface area contributed by atoms with E-state index in [1.165, 1.54) is 4.68 Å². The lowest BCUT2D eigenvalue weighted by molar-refractivity contribution is -0.312. The third kappa shape index (κ3) is 9.50. The van der Waals surface area contributed by atoms with Crippen LogP contribution in [0.2, 0.25) is 0 Å². The molecule has 286 valence electrons. The van der Waals surface area contributed by atoms with Crippen LogP contribution in [-0.2, 0) is 66.7 Å². The van der Waals surface area contributed by atoms with E-state index in [-0.39, 0.29) is 11.2 Å². The van der Waals surface area contributed by atoms with E-state index in [0.717, 1.165) is 41.5 Å². The van der Waals surface area contributed by atoms with E-state index in [0.29, 0.717) is 22.4 Å². The van der Waals surface area contributed by atoms with Crippen molar-refractivity contribution in [1.82, 2.24) is 19.7 Å². The molecule has 0 saturated carbocycles. The monoisotopic (exact) mass is 750 g/mol. The molecule has 1 aliphatic rings. The number of aromatic nitrogens is 4. The number of nitrogens with zero attached hydrogens (tertiary/aromatic N) is 4. The predicted octanol–water partition coefficient (Wildman–Crippen LogP) is 2.60. The van der Waals surface area contributed by atoms with Crippen molar-refractivity contribution in [3.63, 3.8) is 0 Å². The summed E-state index contributed by atoms with van der Waals surface area (Å²) in [4.78, 5) is 83.4. The van der Waals surface area contributed by atoms with Gasteiger partial charge in [0, 0.05) is 41.5 Å². The van der Waals surface area contributed by atoms with Crippen molar-refractivity contribution in [3.8, 4) is 5.69 Å². The minimum Gasteiger partial charge on any atom is -0.463 e. The van der Waals surface area contributed by atoms with Crippen molar-refractivity contribution in [1.29, 1.82) is 0 Å². The molecule has 0 radical (unpaired) electrons. The van der Waals surface area contributed by atoms with E-state index in [1.807, 2.05) is 6.07 Å². The molecule has 1 aliphatic heterocycles. The first kappa shape index (κ1) is 39.2. The van der Waals surface area contributed by atoms with Gasteiger partial charge < -0.3 is 37.9 Å². The average Bonchev–Trinajstić information content (AvgIpc) is 3.46. The second kappa shape index (κ2) is 17.2. The molecular weight excluding hydrogens is 712 g/mol. The summed E-state index contributed by atoms with van der Waals surface area (Å²) < 4.78 is 46.6. The Kier molecular flexibility index (Phi) is 12.5. The number of para-hydroxylation sites is 3. The fraction of sp³-hybridized carbons (Fsp3) is 0.417. The van der Waals surface area contributed by atoms with Gasteiger partial charge in [0.1, 0.15) is 23.9 Å². The Morgan fingerprint density at radius 2 is 1.26 bits per heavy atom. The largest absolute Gasteiger partial charge is 0.463 e. The lowest BCUT2D eigenvalue weighted by atomic mass is 9.98. The molecule has 0 spiro atoms. The number of ether oxygens (including phenoxy) is 8. The maximum Gasteiger partial charge on any atom is 0.303 e. The highest BCUT2D eigenvalue weighted by atomic mass is 16.7. The smallest absolute Gasteiger partial charge is 0.303 e. The van der Waals surface area contributed by atoms with Crippen LogP contribution in [0.1, 0.15) is 53.3 Å². The zero-order chi connectivity index (χ0) is 39.1. The Balaban J connectivity index is 1.59. The van der Waals surface area contributed by atoms with Gasteiger partial charge in [0.25, 0.3) is 0 Å². The summed E-state index contributed by atoms with van der Waals surface area (Å²) >= 11 is 0. The van der Waals surface area contributed by atoms with Crippen molar-refractivity contribution in [2.24, 2.45) is 0 Å². The maximum absolute atomic E-state index is 12.7. The number of hydrogen-bond acceptors (Lipinski definition) is 17. The number of carbonyl (C=O) groups excluding carboxylic acids is 6. The van der Waals surface area contributed by atoms with E-state index in [9.17, 15) is 28.8 Å². The van der Waals surface area contributed by atoms with Gasteiger partial charge in [0.2, 0.25) is 0 Å². The van der Waals surface area contributed by atoms with Gasteiger partial charge in [-0.15, -0.1) is 0 Å². The number of hydrogen-bond donors (Lipinski definition) is 0. The van der Waals surface area contributed by atoms with E-state index in [1.54, 1.807) is 48.5 Å². The highest BCUT2D eigenvalue weighted by molar-refractivity contribution is 5.87. The predicted molar refractivity (Wildman–Crippen MR) is 182 cm³/mol. The van der Waals surface area contributed by atoms with Gasteiger partial charge in [-0.05, 0) is 24.3 Å². The Labute approximate surface area is 307 Å². The molecule has 3 heterocycles. The number of rotatable bonds is 13. The number of esters is 6. The molecule has 4 aromatic rings. The molecule has 0 N–H and O–H groups in total. The molecule has 0 bridgehead atoms. The molecule has 2 unspecified atom stereocenters. The minimum absolute atomic E-state index is 0.0544. The Hall–Kier alpha value is -6.01. The Morgan fingerprint density at radius 1 is 0.685 bits per heavy atom. The van der Waals surface area contributed by atoms with Crippen LogP contribution in [0, 0.1) is 0 Å². The first-order valence-electron chi connectivity index (χ1n) is 16.7. The first-order valence-corrected chi connectivity index (χ1v) is 16.7. The summed E-state index contributed by atoms with van der Waals surface area (Å²) in [7, 11) is 0. The molecule has 1 saturated heterocycles. The minimum atomic E-state index is -1.64. The highest BCUT2D eigenvalue weighted by Crippen LogP contribution is 2.34. The normalized spacial score (nSPS) is 20.7. The number of carbonyl (C=O) groups is 6. The first-order chi connectivity index (χ1) is 25.7. The topological polar surface area (TPSA) is 220 Å². The second-order valence-corrected chi connectivity index (χ2v) is 12.1. The highest BCUT2D eigenvalue weighted by Gasteiger charge is 2.53. The summed E-state index contributed by atoms with van der Waals surface area (Å²) in [6.07, 6.45) is -10.4. The quantitative estimate of drug-likeness (QED) is 0.142. The van der Waals surface area contributed by atoms with Crippen molar-refractivity contribution >= 4 is 58.0 Å². The van der Waals surface area contributed by atoms with Gasteiger partial charge in [-0.25, -0.2) is 14.6 Å². The van der Waals surface area contributed by atoms with Crippen molar-refractivity contribution < 1.29 is 66.7 Å². The molecule has 2 aromatic heterocycles. The van der Waals surface area contributed by atoms with E-state index in [2.05, 4.69) is 0 Å². The third-order valence-electron chi connectivity index (χ3n) is 7.79. The Bertz CT molecular complexity index is 2040. The van der Waals surface area contributed by atoms with Crippen molar-refractivity contribution in [3.05, 3.63) is 60.3 Å². The number of benzene rings is 2. The van der Waals surface area contributed by atoms with Crippen LogP contribution < -0.4 is 0 Å². The summed E-state index contributed by atoms with van der Waals surface area (Å²) in [5.41, 5.74) is 2.22. The Morgan fingerprint density at radius 3 is 1.85 bits per heavy atom. The van der Waals surface area contributed by atoms with Gasteiger partial charge >= 0.3 is 35.8 Å². The van der Waals surface area contributed by atoms with Crippen LogP contribution in [0.4, 0.5) is 0 Å². The van der Waals surface area contributed by atoms with E-state index >= 15 is 0 Å². The van der Waals surface area contributed by atoms with Gasteiger partial charge in [-0.3, -0.25) is 28.8 Å². The summed E-state index contributed by atoms with van der Waals surface area (Å²) in [6, 6.07) is 16.1. The molecule has 18 nitrogen and oxygen atoms in total. The zero-order valence-electron chi connectivity index (χ0n) is 30.2. The maximum atomic E-state index is 12.7. The number of fused-ring (bicyclic) bond motifs is 2. The summed E-state index contributed by atoms with van der Waals surface area (Å²) in [5.74, 6) is -4.80. The summed E-state index contributed by atoms with van der Waals surface area (Å²) in [5, 5.41) is 4.76. The molecule has 18 heteroatoms. The van der Waals surface area contributed by atoms with Crippen LogP contribution in [-0.4, -0.2) is 106 Å². The van der Waals surface area contributed by atoms with Gasteiger partial charge in [-0.1, -0.05) is 30.3 Å². The van der Waals surface area contributed by atoms with Crippen LogP contribution >= 0.6 is 0 Å². The molecule has 0 aliphatic carbocycles. The fourth-order valence-electron chi connectivity index (χ4n) is 5.85. The van der Waals surface area contributed by atoms with E-state index in [4.69, 9.17) is 53.0 Å². The van der Waals surface area contributed by atoms with E-state index < -0.39 is 91.9 Å². The molecule has 1 fully saturated rings. The third-order valence-corrected chi connectivity index (χ3v) is 7.79. The standard InChI is InChI=1S/C36H38N4O14/c1-18(41)47-16-28-32(51-21(4)44)33(52-22(5)45)34(53-23(6)46)36(54-28)48-17-27(49-19(2)42)31(50-20(3)43)29-30-35(38-26-15-11-10-14-25(26)37-30)40(39-29)24-12-8-7-9-13-24/h7-15,27-28,31-34,36H,16-17H2,1-6H3/t27?,28-,31?,32+,33-,34-,36-/m1/s1. The fourth-order valence-corrected chi connectivity index (χ4v) is 5.85. The molecule has 54 heavy (non-hydrogen) atoms. The van der Waals surface area contributed by atoms with Crippen molar-refractivity contribution in [2.45, 2.75) is 84.5 Å². The van der Waals surface area contributed by atoms with Crippen LogP contribution in [0.25, 0.3) is 27.9 Å². The van der Waals surface area contributed by atoms with Crippen LogP contribution in [0.3, 0.4) is 0 Å². The summed E-state index contributed by atoms with van der Waals surface area (Å²) in [6.45, 7) is 5.53. The zero-order valence-corrected chi connectivity index (χ0v) is 30.2. The van der Waals surface area contributed by atoms with Gasteiger partial charge in [0.15, 0.2) is 42.5 Å². The molecule has 2 aromatic carbocycles. The van der Waals surface area contributed by atoms with Gasteiger partial charge in [-0.2, -0.15) is 5.10 Å². The average molecular weight is 751 g/mol. The molecule has 5 rings (SSSR count).